The molecule has 1 aromatic carbocycles. The maximum Gasteiger partial charge on any atom is 0.0672 e. The third-order valence-electron chi connectivity index (χ3n) is 1.55. The number of benzene rings is 1. The van der Waals surface area contributed by atoms with E-state index in [-0.39, 0.29) is 5.57 Å². The lowest BCUT2D eigenvalue weighted by Gasteiger charge is -2.05. The minimum Gasteiger partial charge on any atom is -0.545 e. The molecule has 62 valence electrons. The molecule has 0 saturated heterocycles. The predicted molar refractivity (Wildman–Crippen MR) is 44.3 cm³/mol. The third-order valence-corrected chi connectivity index (χ3v) is 1.55. The van der Waals surface area contributed by atoms with Crippen molar-refractivity contribution in [3.63, 3.8) is 0 Å². The molecule has 12 heavy (non-hydrogen) atoms. The van der Waals surface area contributed by atoms with Crippen LogP contribution in [-0.2, 0) is 11.2 Å². The van der Waals surface area contributed by atoms with Gasteiger partial charge in [0.25, 0.3) is 0 Å². The second kappa shape index (κ2) is 3.72. The molecule has 2 heteroatoms. The molecule has 0 aliphatic heterocycles. The SMILES string of the molecule is C=C(Cc1ccccc1)C(=O)[O-]. The second-order valence-electron chi connectivity index (χ2n) is 2.55. The van der Waals surface area contributed by atoms with Crippen LogP contribution >= 0.6 is 0 Å². The molecule has 1 rings (SSSR count). The standard InChI is InChI=1S/C10H10O2/c1-8(10(11)12)7-9-5-3-2-4-6-9/h2-6H,1,7H2,(H,11,12)/p-1. The molecule has 1 aromatic rings. The summed E-state index contributed by atoms with van der Waals surface area (Å²) in [6.45, 7) is 3.39. The fourth-order valence-corrected chi connectivity index (χ4v) is 0.914. The molecule has 0 spiro atoms. The number of carboxylic acids is 1. The average molecular weight is 161 g/mol. The summed E-state index contributed by atoms with van der Waals surface area (Å²) < 4.78 is 0. The lowest BCUT2D eigenvalue weighted by Crippen LogP contribution is -2.24. The fourth-order valence-electron chi connectivity index (χ4n) is 0.914. The van der Waals surface area contributed by atoms with E-state index in [1.165, 1.54) is 0 Å². The number of carbonyl (C=O) groups is 1. The van der Waals surface area contributed by atoms with Crippen LogP contribution in [0.3, 0.4) is 0 Å². The first-order valence-electron chi connectivity index (χ1n) is 3.63. The van der Waals surface area contributed by atoms with Gasteiger partial charge in [0.1, 0.15) is 0 Å². The molecular weight excluding hydrogens is 152 g/mol. The maximum atomic E-state index is 10.3. The summed E-state index contributed by atoms with van der Waals surface area (Å²) in [6.07, 6.45) is 0.350. The summed E-state index contributed by atoms with van der Waals surface area (Å²) in [7, 11) is 0. The lowest BCUT2D eigenvalue weighted by molar-refractivity contribution is -0.299. The van der Waals surface area contributed by atoms with E-state index in [9.17, 15) is 9.90 Å². The van der Waals surface area contributed by atoms with E-state index < -0.39 is 5.97 Å². The highest BCUT2D eigenvalue weighted by molar-refractivity contribution is 5.84. The Hall–Kier alpha value is -1.57. The van der Waals surface area contributed by atoms with E-state index in [2.05, 4.69) is 6.58 Å². The Bertz CT molecular complexity index is 288. The Morgan fingerprint density at radius 3 is 2.42 bits per heavy atom. The van der Waals surface area contributed by atoms with Gasteiger partial charge in [-0.25, -0.2) is 0 Å². The summed E-state index contributed by atoms with van der Waals surface area (Å²) in [6, 6.07) is 9.31. The fraction of sp³-hybridized carbons (Fsp3) is 0.100. The number of carboxylic acid groups (broad SMARTS) is 1. The molecule has 0 aliphatic rings. The van der Waals surface area contributed by atoms with Gasteiger partial charge in [-0.15, -0.1) is 0 Å². The normalized spacial score (nSPS) is 9.33. The number of carbonyl (C=O) groups excluding carboxylic acids is 1. The van der Waals surface area contributed by atoms with E-state index in [4.69, 9.17) is 0 Å². The molecule has 0 saturated carbocycles. The van der Waals surface area contributed by atoms with Crippen molar-refractivity contribution in [2.75, 3.05) is 0 Å². The van der Waals surface area contributed by atoms with Crippen LogP contribution < -0.4 is 5.11 Å². The van der Waals surface area contributed by atoms with Crippen molar-refractivity contribution in [3.05, 3.63) is 48.0 Å². The molecule has 0 N–H and O–H groups in total. The Balaban J connectivity index is 2.65. The van der Waals surface area contributed by atoms with Crippen LogP contribution in [0.1, 0.15) is 5.56 Å². The van der Waals surface area contributed by atoms with Crippen LogP contribution in [0, 0.1) is 0 Å². The molecule has 0 amide bonds. The Morgan fingerprint density at radius 1 is 1.33 bits per heavy atom. The van der Waals surface area contributed by atoms with Crippen molar-refractivity contribution >= 4 is 5.97 Å². The molecular formula is C10H9O2-. The topological polar surface area (TPSA) is 40.1 Å². The maximum absolute atomic E-state index is 10.3. The Labute approximate surface area is 71.2 Å². The van der Waals surface area contributed by atoms with Gasteiger partial charge in [0.05, 0.1) is 5.97 Å². The van der Waals surface area contributed by atoms with Crippen LogP contribution in [0.25, 0.3) is 0 Å². The van der Waals surface area contributed by atoms with Gasteiger partial charge in [0.2, 0.25) is 0 Å². The molecule has 0 fully saturated rings. The Morgan fingerprint density at radius 2 is 1.92 bits per heavy atom. The van der Waals surface area contributed by atoms with E-state index in [0.29, 0.717) is 6.42 Å². The van der Waals surface area contributed by atoms with Crippen molar-refractivity contribution in [1.82, 2.24) is 0 Å². The molecule has 0 bridgehead atoms. The van der Waals surface area contributed by atoms with Crippen LogP contribution in [-0.4, -0.2) is 5.97 Å². The predicted octanol–water partition coefficient (Wildman–Crippen LogP) is 0.535. The highest BCUT2D eigenvalue weighted by Crippen LogP contribution is 2.04. The van der Waals surface area contributed by atoms with Gasteiger partial charge < -0.3 is 9.90 Å². The van der Waals surface area contributed by atoms with Gasteiger partial charge in [-0.05, 0) is 17.6 Å². The first-order valence-corrected chi connectivity index (χ1v) is 3.63. The summed E-state index contributed by atoms with van der Waals surface area (Å²) >= 11 is 0. The smallest absolute Gasteiger partial charge is 0.0672 e. The number of hydrogen-bond donors (Lipinski definition) is 0. The second-order valence-corrected chi connectivity index (χ2v) is 2.55. The minimum atomic E-state index is -1.18. The van der Waals surface area contributed by atoms with Crippen LogP contribution in [0.5, 0.6) is 0 Å². The van der Waals surface area contributed by atoms with Crippen LogP contribution in [0.15, 0.2) is 42.5 Å². The van der Waals surface area contributed by atoms with Gasteiger partial charge in [-0.1, -0.05) is 36.9 Å². The van der Waals surface area contributed by atoms with Crippen molar-refractivity contribution in [2.45, 2.75) is 6.42 Å². The zero-order chi connectivity index (χ0) is 8.97. The molecule has 0 atom stereocenters. The molecule has 0 heterocycles. The molecule has 2 nitrogen and oxygen atoms in total. The number of aliphatic carboxylic acids is 1. The molecule has 0 aliphatic carbocycles. The highest BCUT2D eigenvalue weighted by Gasteiger charge is 1.96. The van der Waals surface area contributed by atoms with Gasteiger partial charge in [0.15, 0.2) is 0 Å². The lowest BCUT2D eigenvalue weighted by atomic mass is 10.1. The minimum absolute atomic E-state index is 0.112. The summed E-state index contributed by atoms with van der Waals surface area (Å²) in [5.74, 6) is -1.18. The highest BCUT2D eigenvalue weighted by atomic mass is 16.4. The molecule has 0 aromatic heterocycles. The monoisotopic (exact) mass is 161 g/mol. The van der Waals surface area contributed by atoms with Gasteiger partial charge in [-0.3, -0.25) is 0 Å². The summed E-state index contributed by atoms with van der Waals surface area (Å²) in [5, 5.41) is 10.3. The molecule has 0 radical (unpaired) electrons. The quantitative estimate of drug-likeness (QED) is 0.607. The first kappa shape index (κ1) is 8.53. The van der Waals surface area contributed by atoms with E-state index in [0.717, 1.165) is 5.56 Å². The van der Waals surface area contributed by atoms with Gasteiger partial charge in [-0.2, -0.15) is 0 Å². The first-order chi connectivity index (χ1) is 5.70. The third kappa shape index (κ3) is 2.23. The van der Waals surface area contributed by atoms with Gasteiger partial charge >= 0.3 is 0 Å². The van der Waals surface area contributed by atoms with Crippen molar-refractivity contribution < 1.29 is 9.90 Å². The summed E-state index contributed by atoms with van der Waals surface area (Å²) in [5.41, 5.74) is 1.05. The largest absolute Gasteiger partial charge is 0.545 e. The van der Waals surface area contributed by atoms with Crippen molar-refractivity contribution in [2.24, 2.45) is 0 Å². The van der Waals surface area contributed by atoms with Gasteiger partial charge in [0, 0.05) is 0 Å². The number of hydrogen-bond acceptors (Lipinski definition) is 2. The van der Waals surface area contributed by atoms with E-state index >= 15 is 0 Å². The van der Waals surface area contributed by atoms with Crippen LogP contribution in [0.2, 0.25) is 0 Å². The summed E-state index contributed by atoms with van der Waals surface area (Å²) in [4.78, 5) is 10.3. The van der Waals surface area contributed by atoms with E-state index in [1.54, 1.807) is 0 Å². The zero-order valence-corrected chi connectivity index (χ0v) is 6.62. The number of rotatable bonds is 3. The van der Waals surface area contributed by atoms with Crippen LogP contribution in [0.4, 0.5) is 0 Å². The van der Waals surface area contributed by atoms with Crippen molar-refractivity contribution in [1.29, 1.82) is 0 Å². The average Bonchev–Trinajstić information content (AvgIpc) is 2.06. The zero-order valence-electron chi connectivity index (χ0n) is 6.62. The molecule has 0 unspecified atom stereocenters. The Kier molecular flexibility index (Phi) is 2.64. The van der Waals surface area contributed by atoms with E-state index in [1.807, 2.05) is 30.3 Å². The van der Waals surface area contributed by atoms with Crippen molar-refractivity contribution in [3.8, 4) is 0 Å².